The second-order valence-electron chi connectivity index (χ2n) is 4.48. The number of ether oxygens (including phenoxy) is 1. The summed E-state index contributed by atoms with van der Waals surface area (Å²) in [6.07, 6.45) is 4.42. The van der Waals surface area contributed by atoms with Gasteiger partial charge in [-0.1, -0.05) is 0 Å². The molecule has 0 radical (unpaired) electrons. The molecule has 2 N–H and O–H groups in total. The molecule has 0 bridgehead atoms. The maximum Gasteiger partial charge on any atom is 0.356 e. The van der Waals surface area contributed by atoms with Crippen molar-refractivity contribution in [3.05, 3.63) is 18.2 Å². The molecule has 1 aromatic rings. The highest BCUT2D eigenvalue weighted by Crippen LogP contribution is 2.14. The van der Waals surface area contributed by atoms with Crippen molar-refractivity contribution in [3.63, 3.8) is 0 Å². The van der Waals surface area contributed by atoms with E-state index in [4.69, 9.17) is 9.84 Å². The third-order valence-electron chi connectivity index (χ3n) is 3.11. The van der Waals surface area contributed by atoms with E-state index in [-0.39, 0.29) is 17.5 Å². The molecule has 0 unspecified atom stereocenters. The second kappa shape index (κ2) is 6.33. The van der Waals surface area contributed by atoms with Crippen molar-refractivity contribution in [1.29, 1.82) is 0 Å². The lowest BCUT2D eigenvalue weighted by molar-refractivity contribution is -0.127. The summed E-state index contributed by atoms with van der Waals surface area (Å²) in [4.78, 5) is 26.2. The van der Waals surface area contributed by atoms with Crippen LogP contribution in [0.4, 0.5) is 0 Å². The molecule has 1 fully saturated rings. The van der Waals surface area contributed by atoms with Crippen molar-refractivity contribution in [2.45, 2.75) is 19.4 Å². The molecule has 1 aliphatic rings. The van der Waals surface area contributed by atoms with Gasteiger partial charge in [-0.25, -0.2) is 9.78 Å². The van der Waals surface area contributed by atoms with Crippen LogP contribution >= 0.6 is 0 Å². The van der Waals surface area contributed by atoms with E-state index in [2.05, 4.69) is 10.3 Å². The minimum atomic E-state index is -1.05. The van der Waals surface area contributed by atoms with Gasteiger partial charge in [-0.05, 0) is 12.8 Å². The Morgan fingerprint density at radius 2 is 2.21 bits per heavy atom. The van der Waals surface area contributed by atoms with E-state index in [1.165, 1.54) is 12.5 Å². The molecule has 19 heavy (non-hydrogen) atoms. The number of nitrogens with one attached hydrogen (secondary N) is 1. The second-order valence-corrected chi connectivity index (χ2v) is 4.48. The van der Waals surface area contributed by atoms with Crippen LogP contribution in [-0.2, 0) is 16.1 Å². The Labute approximate surface area is 110 Å². The maximum absolute atomic E-state index is 11.8. The van der Waals surface area contributed by atoms with Gasteiger partial charge >= 0.3 is 5.97 Å². The molecule has 2 heterocycles. The highest BCUT2D eigenvalue weighted by Gasteiger charge is 2.20. The Hall–Kier alpha value is -1.89. The summed E-state index contributed by atoms with van der Waals surface area (Å²) in [6, 6.07) is 0. The number of nitrogens with zero attached hydrogens (tertiary/aromatic N) is 2. The van der Waals surface area contributed by atoms with E-state index in [0.717, 1.165) is 12.8 Å². The van der Waals surface area contributed by atoms with E-state index in [9.17, 15) is 9.59 Å². The van der Waals surface area contributed by atoms with Crippen LogP contribution < -0.4 is 5.32 Å². The molecular weight excluding hydrogens is 250 g/mol. The number of hydrogen-bond donors (Lipinski definition) is 2. The van der Waals surface area contributed by atoms with Crippen molar-refractivity contribution >= 4 is 11.9 Å². The lowest BCUT2D eigenvalue weighted by atomic mass is 9.99. The number of hydrogen-bond acceptors (Lipinski definition) is 4. The Morgan fingerprint density at radius 3 is 2.84 bits per heavy atom. The van der Waals surface area contributed by atoms with Gasteiger partial charge in [0.1, 0.15) is 0 Å². The number of amides is 1. The molecule has 0 spiro atoms. The van der Waals surface area contributed by atoms with Gasteiger partial charge in [0, 0.05) is 38.4 Å². The van der Waals surface area contributed by atoms with Gasteiger partial charge in [0.15, 0.2) is 5.69 Å². The van der Waals surface area contributed by atoms with Gasteiger partial charge in [0.25, 0.3) is 0 Å². The zero-order chi connectivity index (χ0) is 13.7. The van der Waals surface area contributed by atoms with Crippen molar-refractivity contribution in [3.8, 4) is 0 Å². The summed E-state index contributed by atoms with van der Waals surface area (Å²) in [5, 5.41) is 11.6. The Bertz CT molecular complexity index is 452. The minimum Gasteiger partial charge on any atom is -0.476 e. The van der Waals surface area contributed by atoms with Crippen LogP contribution in [0.25, 0.3) is 0 Å². The predicted octanol–water partition coefficient (Wildman–Crippen LogP) is 0.124. The first-order chi connectivity index (χ1) is 9.16. The summed E-state index contributed by atoms with van der Waals surface area (Å²) >= 11 is 0. The molecular formula is C12H17N3O4. The van der Waals surface area contributed by atoms with Crippen LogP contribution in [0.5, 0.6) is 0 Å². The number of imidazole rings is 1. The van der Waals surface area contributed by atoms with Gasteiger partial charge < -0.3 is 19.7 Å². The lowest BCUT2D eigenvalue weighted by Crippen LogP contribution is -2.35. The van der Waals surface area contributed by atoms with Crippen molar-refractivity contribution < 1.29 is 19.4 Å². The molecule has 2 rings (SSSR count). The van der Waals surface area contributed by atoms with Gasteiger partial charge in [-0.2, -0.15) is 0 Å². The third kappa shape index (κ3) is 3.78. The molecule has 1 aliphatic heterocycles. The fraction of sp³-hybridized carbons (Fsp3) is 0.583. The monoisotopic (exact) mass is 267 g/mol. The third-order valence-corrected chi connectivity index (χ3v) is 3.11. The van der Waals surface area contributed by atoms with Crippen LogP contribution in [0.2, 0.25) is 0 Å². The van der Waals surface area contributed by atoms with Crippen molar-refractivity contribution in [1.82, 2.24) is 14.9 Å². The zero-order valence-corrected chi connectivity index (χ0v) is 10.5. The number of carbonyl (C=O) groups excluding carboxylic acids is 1. The average Bonchev–Trinajstić information content (AvgIpc) is 2.89. The van der Waals surface area contributed by atoms with E-state index in [1.54, 1.807) is 4.57 Å². The Morgan fingerprint density at radius 1 is 1.47 bits per heavy atom. The number of aromatic nitrogens is 2. The normalized spacial score (nSPS) is 16.2. The average molecular weight is 267 g/mol. The van der Waals surface area contributed by atoms with Gasteiger partial charge in [0.2, 0.25) is 5.91 Å². The first-order valence-corrected chi connectivity index (χ1v) is 6.27. The van der Waals surface area contributed by atoms with E-state index in [0.29, 0.717) is 26.3 Å². The molecule has 0 aromatic carbocycles. The molecule has 0 atom stereocenters. The van der Waals surface area contributed by atoms with Crippen LogP contribution in [0.3, 0.4) is 0 Å². The topological polar surface area (TPSA) is 93.5 Å². The molecule has 7 heteroatoms. The SMILES string of the molecule is O=C(O)c1cn(CCNC(=O)C2CCOCC2)cn1. The van der Waals surface area contributed by atoms with Gasteiger partial charge in [0.05, 0.1) is 6.33 Å². The fourth-order valence-electron chi connectivity index (χ4n) is 2.01. The predicted molar refractivity (Wildman–Crippen MR) is 65.7 cm³/mol. The first kappa shape index (κ1) is 13.5. The molecule has 1 aromatic heterocycles. The summed E-state index contributed by atoms with van der Waals surface area (Å²) in [5.74, 6) is -0.974. The van der Waals surface area contributed by atoms with Crippen LogP contribution in [-0.4, -0.2) is 46.3 Å². The van der Waals surface area contributed by atoms with Crippen LogP contribution in [0, 0.1) is 5.92 Å². The maximum atomic E-state index is 11.8. The summed E-state index contributed by atoms with van der Waals surface area (Å²) in [7, 11) is 0. The largest absolute Gasteiger partial charge is 0.476 e. The number of carboxylic acid groups (broad SMARTS) is 1. The quantitative estimate of drug-likeness (QED) is 0.790. The number of rotatable bonds is 5. The molecule has 0 saturated carbocycles. The molecule has 104 valence electrons. The highest BCUT2D eigenvalue weighted by atomic mass is 16.5. The summed E-state index contributed by atoms with van der Waals surface area (Å²) < 4.78 is 6.85. The Balaban J connectivity index is 1.73. The van der Waals surface area contributed by atoms with Gasteiger partial charge in [-0.3, -0.25) is 4.79 Å². The smallest absolute Gasteiger partial charge is 0.356 e. The Kier molecular flexibility index (Phi) is 4.51. The number of carbonyl (C=O) groups is 2. The molecule has 7 nitrogen and oxygen atoms in total. The van der Waals surface area contributed by atoms with Crippen molar-refractivity contribution in [2.75, 3.05) is 19.8 Å². The van der Waals surface area contributed by atoms with E-state index >= 15 is 0 Å². The zero-order valence-electron chi connectivity index (χ0n) is 10.5. The van der Waals surface area contributed by atoms with E-state index in [1.807, 2.05) is 0 Å². The van der Waals surface area contributed by atoms with Gasteiger partial charge in [-0.15, -0.1) is 0 Å². The fourth-order valence-corrected chi connectivity index (χ4v) is 2.01. The van der Waals surface area contributed by atoms with Crippen LogP contribution in [0.15, 0.2) is 12.5 Å². The number of carboxylic acids is 1. The van der Waals surface area contributed by atoms with E-state index < -0.39 is 5.97 Å². The summed E-state index contributed by atoms with van der Waals surface area (Å²) in [5.41, 5.74) is 0.00996. The molecule has 0 aliphatic carbocycles. The summed E-state index contributed by atoms with van der Waals surface area (Å²) in [6.45, 7) is 2.25. The van der Waals surface area contributed by atoms with Crippen LogP contribution in [0.1, 0.15) is 23.3 Å². The molecule has 1 saturated heterocycles. The molecule has 1 amide bonds. The minimum absolute atomic E-state index is 0.00996. The first-order valence-electron chi connectivity index (χ1n) is 6.27. The van der Waals surface area contributed by atoms with Crippen molar-refractivity contribution in [2.24, 2.45) is 5.92 Å². The lowest BCUT2D eigenvalue weighted by Gasteiger charge is -2.21. The standard InChI is InChI=1S/C12H17N3O4/c16-11(9-1-5-19-6-2-9)13-3-4-15-7-10(12(17)18)14-8-15/h7-9H,1-6H2,(H,13,16)(H,17,18). The highest BCUT2D eigenvalue weighted by molar-refractivity contribution is 5.84. The number of aromatic carboxylic acids is 1.